The molecule has 4 rings (SSSR count). The average Bonchev–Trinajstić information content (AvgIpc) is 3.13. The van der Waals surface area contributed by atoms with Crippen molar-refractivity contribution in [3.63, 3.8) is 0 Å². The molecule has 4 aromatic rings. The highest BCUT2D eigenvalue weighted by Gasteiger charge is 2.13. The summed E-state index contributed by atoms with van der Waals surface area (Å²) in [4.78, 5) is 21.3. The number of nitrogens with zero attached hydrogens (tertiary/aromatic N) is 3. The van der Waals surface area contributed by atoms with Crippen molar-refractivity contribution in [3.05, 3.63) is 90.3 Å². The van der Waals surface area contributed by atoms with Crippen LogP contribution in [0.25, 0.3) is 5.65 Å². The SMILES string of the molecule is O=C(NCCc1cn2ccccc2n1)c1cccnc1Nc1ccccc1F. The van der Waals surface area contributed by atoms with E-state index in [-0.39, 0.29) is 11.6 Å². The zero-order valence-electron chi connectivity index (χ0n) is 15.0. The van der Waals surface area contributed by atoms with E-state index in [1.165, 1.54) is 6.07 Å². The van der Waals surface area contributed by atoms with Crippen LogP contribution in [0.15, 0.2) is 73.2 Å². The van der Waals surface area contributed by atoms with Crippen LogP contribution in [0.1, 0.15) is 16.1 Å². The van der Waals surface area contributed by atoms with Crippen molar-refractivity contribution in [3.8, 4) is 0 Å². The molecule has 2 N–H and O–H groups in total. The summed E-state index contributed by atoms with van der Waals surface area (Å²) in [6.45, 7) is 0.427. The van der Waals surface area contributed by atoms with E-state index in [1.807, 2.05) is 35.0 Å². The summed E-state index contributed by atoms with van der Waals surface area (Å²) in [7, 11) is 0. The Morgan fingerprint density at radius 1 is 1.07 bits per heavy atom. The molecular formula is C21H18FN5O. The quantitative estimate of drug-likeness (QED) is 0.540. The lowest BCUT2D eigenvalue weighted by Crippen LogP contribution is -2.26. The normalized spacial score (nSPS) is 10.8. The highest BCUT2D eigenvalue weighted by atomic mass is 19.1. The molecule has 7 heteroatoms. The van der Waals surface area contributed by atoms with Gasteiger partial charge in [0.15, 0.2) is 0 Å². The fourth-order valence-electron chi connectivity index (χ4n) is 2.89. The van der Waals surface area contributed by atoms with E-state index >= 15 is 0 Å². The van der Waals surface area contributed by atoms with Crippen LogP contribution in [0, 0.1) is 5.82 Å². The number of imidazole rings is 1. The smallest absolute Gasteiger partial charge is 0.255 e. The van der Waals surface area contributed by atoms with Gasteiger partial charge >= 0.3 is 0 Å². The van der Waals surface area contributed by atoms with Crippen molar-refractivity contribution in [1.29, 1.82) is 0 Å². The molecule has 3 aromatic heterocycles. The molecule has 1 aromatic carbocycles. The van der Waals surface area contributed by atoms with Gasteiger partial charge < -0.3 is 15.0 Å². The third-order valence-corrected chi connectivity index (χ3v) is 4.26. The zero-order chi connectivity index (χ0) is 19.3. The second-order valence-corrected chi connectivity index (χ2v) is 6.21. The van der Waals surface area contributed by atoms with Crippen LogP contribution in [0.2, 0.25) is 0 Å². The monoisotopic (exact) mass is 375 g/mol. The largest absolute Gasteiger partial charge is 0.352 e. The van der Waals surface area contributed by atoms with Crippen molar-refractivity contribution in [2.24, 2.45) is 0 Å². The summed E-state index contributed by atoms with van der Waals surface area (Å²) in [5, 5.41) is 5.76. The fourth-order valence-corrected chi connectivity index (χ4v) is 2.89. The fraction of sp³-hybridized carbons (Fsp3) is 0.0952. The molecule has 0 radical (unpaired) electrons. The van der Waals surface area contributed by atoms with Crippen molar-refractivity contribution >= 4 is 23.1 Å². The number of fused-ring (bicyclic) bond motifs is 1. The summed E-state index contributed by atoms with van der Waals surface area (Å²) in [5.41, 5.74) is 2.37. The lowest BCUT2D eigenvalue weighted by atomic mass is 10.2. The molecule has 0 saturated heterocycles. The summed E-state index contributed by atoms with van der Waals surface area (Å²) in [5.74, 6) is -0.389. The highest BCUT2D eigenvalue weighted by Crippen LogP contribution is 2.20. The first-order valence-corrected chi connectivity index (χ1v) is 8.88. The van der Waals surface area contributed by atoms with E-state index in [0.29, 0.717) is 24.3 Å². The first-order chi connectivity index (χ1) is 13.7. The Bertz CT molecular complexity index is 1090. The zero-order valence-corrected chi connectivity index (χ0v) is 15.0. The predicted octanol–water partition coefficient (Wildman–Crippen LogP) is 3.58. The van der Waals surface area contributed by atoms with E-state index in [2.05, 4.69) is 20.6 Å². The third-order valence-electron chi connectivity index (χ3n) is 4.26. The van der Waals surface area contributed by atoms with Crippen molar-refractivity contribution in [1.82, 2.24) is 19.7 Å². The standard InChI is InChI=1S/C21H18FN5O/c22-17-7-1-2-8-18(17)26-20-16(6-5-11-23-20)21(28)24-12-10-15-14-27-13-4-3-9-19(27)25-15/h1-9,11,13-14H,10,12H2,(H,23,26)(H,24,28). The van der Waals surface area contributed by atoms with Gasteiger partial charge in [0.25, 0.3) is 5.91 Å². The molecule has 0 spiro atoms. The van der Waals surface area contributed by atoms with Gasteiger partial charge in [-0.25, -0.2) is 14.4 Å². The molecule has 0 bridgehead atoms. The lowest BCUT2D eigenvalue weighted by molar-refractivity contribution is 0.0954. The molecule has 28 heavy (non-hydrogen) atoms. The highest BCUT2D eigenvalue weighted by molar-refractivity contribution is 5.99. The number of para-hydroxylation sites is 1. The second-order valence-electron chi connectivity index (χ2n) is 6.21. The van der Waals surface area contributed by atoms with E-state index < -0.39 is 5.82 Å². The molecular weight excluding hydrogens is 357 g/mol. The van der Waals surface area contributed by atoms with Gasteiger partial charge in [0.05, 0.1) is 16.9 Å². The maximum atomic E-state index is 13.9. The molecule has 1 amide bonds. The van der Waals surface area contributed by atoms with E-state index in [9.17, 15) is 9.18 Å². The number of hydrogen-bond acceptors (Lipinski definition) is 4. The molecule has 0 aliphatic carbocycles. The number of aromatic nitrogens is 3. The van der Waals surface area contributed by atoms with Crippen molar-refractivity contribution in [2.45, 2.75) is 6.42 Å². The predicted molar refractivity (Wildman–Crippen MR) is 105 cm³/mol. The van der Waals surface area contributed by atoms with Crippen LogP contribution in [0.4, 0.5) is 15.9 Å². The third kappa shape index (κ3) is 3.83. The van der Waals surface area contributed by atoms with Crippen LogP contribution < -0.4 is 10.6 Å². The number of carbonyl (C=O) groups is 1. The minimum absolute atomic E-state index is 0.264. The molecule has 3 heterocycles. The number of nitrogens with one attached hydrogen (secondary N) is 2. The van der Waals surface area contributed by atoms with Crippen LogP contribution >= 0.6 is 0 Å². The Morgan fingerprint density at radius 3 is 2.79 bits per heavy atom. The Labute approximate surface area is 161 Å². The van der Waals surface area contributed by atoms with Crippen LogP contribution in [-0.4, -0.2) is 26.8 Å². The molecule has 0 saturated carbocycles. The Hall–Kier alpha value is -3.74. The molecule has 0 fully saturated rings. The van der Waals surface area contributed by atoms with Gasteiger partial charge in [0, 0.05) is 31.6 Å². The molecule has 0 atom stereocenters. The number of anilines is 2. The average molecular weight is 375 g/mol. The molecule has 0 unspecified atom stereocenters. The number of halogens is 1. The molecule has 6 nitrogen and oxygen atoms in total. The van der Waals surface area contributed by atoms with Gasteiger partial charge in [-0.1, -0.05) is 18.2 Å². The van der Waals surface area contributed by atoms with Gasteiger partial charge in [-0.05, 0) is 36.4 Å². The maximum absolute atomic E-state index is 13.9. The summed E-state index contributed by atoms with van der Waals surface area (Å²) in [6.07, 6.45) is 6.03. The van der Waals surface area contributed by atoms with Gasteiger partial charge in [0.2, 0.25) is 0 Å². The Balaban J connectivity index is 1.42. The topological polar surface area (TPSA) is 71.3 Å². The van der Waals surface area contributed by atoms with E-state index in [4.69, 9.17) is 0 Å². The number of hydrogen-bond donors (Lipinski definition) is 2. The van der Waals surface area contributed by atoms with Crippen LogP contribution in [-0.2, 0) is 6.42 Å². The Morgan fingerprint density at radius 2 is 1.93 bits per heavy atom. The van der Waals surface area contributed by atoms with Gasteiger partial charge in [-0.2, -0.15) is 0 Å². The van der Waals surface area contributed by atoms with E-state index in [1.54, 1.807) is 36.5 Å². The summed E-state index contributed by atoms with van der Waals surface area (Å²) >= 11 is 0. The van der Waals surface area contributed by atoms with Gasteiger partial charge in [0.1, 0.15) is 17.3 Å². The lowest BCUT2D eigenvalue weighted by Gasteiger charge is -2.11. The van der Waals surface area contributed by atoms with Crippen molar-refractivity contribution in [2.75, 3.05) is 11.9 Å². The van der Waals surface area contributed by atoms with E-state index in [0.717, 1.165) is 11.3 Å². The molecule has 0 aliphatic rings. The number of amides is 1. The van der Waals surface area contributed by atoms with Crippen LogP contribution in [0.5, 0.6) is 0 Å². The summed E-state index contributed by atoms with van der Waals surface area (Å²) in [6, 6.07) is 15.4. The first kappa shape index (κ1) is 17.7. The minimum atomic E-state index is -0.411. The summed E-state index contributed by atoms with van der Waals surface area (Å²) < 4.78 is 15.8. The second kappa shape index (κ2) is 7.87. The molecule has 0 aliphatic heterocycles. The maximum Gasteiger partial charge on any atom is 0.255 e. The number of pyridine rings is 2. The van der Waals surface area contributed by atoms with Crippen LogP contribution in [0.3, 0.4) is 0 Å². The Kier molecular flexibility index (Phi) is 4.97. The number of carbonyl (C=O) groups excluding carboxylic acids is 1. The number of benzene rings is 1. The van der Waals surface area contributed by atoms with Gasteiger partial charge in [-0.15, -0.1) is 0 Å². The minimum Gasteiger partial charge on any atom is -0.352 e. The number of rotatable bonds is 6. The molecule has 140 valence electrons. The van der Waals surface area contributed by atoms with Gasteiger partial charge in [-0.3, -0.25) is 4.79 Å². The van der Waals surface area contributed by atoms with Crippen molar-refractivity contribution < 1.29 is 9.18 Å². The first-order valence-electron chi connectivity index (χ1n) is 8.88.